The van der Waals surface area contributed by atoms with Gasteiger partial charge in [0.15, 0.2) is 0 Å². The van der Waals surface area contributed by atoms with Gasteiger partial charge in [-0.15, -0.1) is 0 Å². The SMILES string of the molecule is NC(=O)C(=O)N/N=C/C=C/c1ccc([N+](=O)[O-])o1. The number of carbonyl (C=O) groups excluding carboxylic acids is 2. The first kappa shape index (κ1) is 13.1. The van der Waals surface area contributed by atoms with E-state index in [-0.39, 0.29) is 11.6 Å². The highest BCUT2D eigenvalue weighted by Crippen LogP contribution is 2.16. The second kappa shape index (κ2) is 5.94. The zero-order chi connectivity index (χ0) is 13.5. The number of rotatable bonds is 4. The Kier molecular flexibility index (Phi) is 4.32. The van der Waals surface area contributed by atoms with Crippen LogP contribution in [0.5, 0.6) is 0 Å². The van der Waals surface area contributed by atoms with E-state index in [9.17, 15) is 19.7 Å². The van der Waals surface area contributed by atoms with Gasteiger partial charge in [0.05, 0.1) is 6.07 Å². The molecule has 0 aliphatic heterocycles. The minimum absolute atomic E-state index is 0.245. The quantitative estimate of drug-likeness (QED) is 0.330. The molecule has 9 nitrogen and oxygen atoms in total. The largest absolute Gasteiger partial charge is 0.433 e. The Hall–Kier alpha value is -2.97. The molecule has 0 spiro atoms. The first-order chi connectivity index (χ1) is 8.50. The summed E-state index contributed by atoms with van der Waals surface area (Å²) in [5, 5.41) is 13.7. The monoisotopic (exact) mass is 252 g/mol. The summed E-state index contributed by atoms with van der Waals surface area (Å²) in [6.45, 7) is 0. The van der Waals surface area contributed by atoms with Crippen LogP contribution in [-0.2, 0) is 9.59 Å². The first-order valence-electron chi connectivity index (χ1n) is 4.54. The lowest BCUT2D eigenvalue weighted by molar-refractivity contribution is -0.402. The summed E-state index contributed by atoms with van der Waals surface area (Å²) in [6.07, 6.45) is 3.88. The van der Waals surface area contributed by atoms with E-state index in [0.29, 0.717) is 0 Å². The van der Waals surface area contributed by atoms with Gasteiger partial charge in [-0.3, -0.25) is 19.7 Å². The number of hydrazone groups is 1. The van der Waals surface area contributed by atoms with Gasteiger partial charge in [0.2, 0.25) is 0 Å². The summed E-state index contributed by atoms with van der Waals surface area (Å²) in [6, 6.07) is 2.59. The molecule has 94 valence electrons. The Morgan fingerprint density at radius 3 is 2.78 bits per heavy atom. The number of hydrogen-bond acceptors (Lipinski definition) is 6. The van der Waals surface area contributed by atoms with Crippen LogP contribution in [0, 0.1) is 10.1 Å². The number of nitrogens with zero attached hydrogens (tertiary/aromatic N) is 2. The molecule has 0 aliphatic carbocycles. The summed E-state index contributed by atoms with van der Waals surface area (Å²) in [4.78, 5) is 30.6. The number of amides is 2. The van der Waals surface area contributed by atoms with Crippen LogP contribution in [0.1, 0.15) is 5.76 Å². The lowest BCUT2D eigenvalue weighted by Crippen LogP contribution is -2.32. The number of furan rings is 1. The van der Waals surface area contributed by atoms with Crippen molar-refractivity contribution >= 4 is 30.0 Å². The van der Waals surface area contributed by atoms with Crippen molar-refractivity contribution in [2.75, 3.05) is 0 Å². The van der Waals surface area contributed by atoms with Gasteiger partial charge in [-0.05, 0) is 18.2 Å². The number of carbonyl (C=O) groups is 2. The number of hydrogen-bond donors (Lipinski definition) is 2. The number of allylic oxidation sites excluding steroid dienone is 1. The summed E-state index contributed by atoms with van der Waals surface area (Å²) in [5.41, 5.74) is 6.51. The highest BCUT2D eigenvalue weighted by molar-refractivity contribution is 6.34. The van der Waals surface area contributed by atoms with Gasteiger partial charge in [0.25, 0.3) is 0 Å². The minimum atomic E-state index is -1.15. The van der Waals surface area contributed by atoms with Crippen LogP contribution in [0.3, 0.4) is 0 Å². The maximum Gasteiger partial charge on any atom is 0.433 e. The van der Waals surface area contributed by atoms with E-state index in [1.54, 1.807) is 0 Å². The molecule has 18 heavy (non-hydrogen) atoms. The molecule has 0 saturated carbocycles. The summed E-state index contributed by atoms with van der Waals surface area (Å²) < 4.78 is 4.80. The number of nitrogens with one attached hydrogen (secondary N) is 1. The number of nitro groups is 1. The molecule has 0 fully saturated rings. The molecule has 1 rings (SSSR count). The molecule has 0 saturated heterocycles. The normalized spacial score (nSPS) is 10.9. The Morgan fingerprint density at radius 2 is 2.22 bits per heavy atom. The average Bonchev–Trinajstić information content (AvgIpc) is 2.77. The van der Waals surface area contributed by atoms with Crippen LogP contribution in [0.4, 0.5) is 5.88 Å². The fourth-order valence-corrected chi connectivity index (χ4v) is 0.862. The molecule has 2 amide bonds. The van der Waals surface area contributed by atoms with Crippen molar-refractivity contribution in [1.82, 2.24) is 5.43 Å². The molecule has 0 radical (unpaired) electrons. The van der Waals surface area contributed by atoms with Crippen molar-refractivity contribution in [2.45, 2.75) is 0 Å². The maximum atomic E-state index is 10.6. The van der Waals surface area contributed by atoms with Crippen molar-refractivity contribution in [3.63, 3.8) is 0 Å². The Bertz CT molecular complexity index is 531. The predicted octanol–water partition coefficient (Wildman–Crippen LogP) is -0.212. The van der Waals surface area contributed by atoms with E-state index in [1.165, 1.54) is 24.3 Å². The van der Waals surface area contributed by atoms with Crippen molar-refractivity contribution in [3.05, 3.63) is 34.1 Å². The molecule has 0 unspecified atom stereocenters. The molecular formula is C9H8N4O5. The standard InChI is InChI=1S/C9H8N4O5/c10-8(14)9(15)12-11-5-1-2-6-3-4-7(18-6)13(16)17/h1-5H,(H2,10,14)(H,12,15)/b2-1+,11-5+. The molecule has 0 aliphatic rings. The molecule has 0 atom stereocenters. The van der Waals surface area contributed by atoms with Crippen LogP contribution in [0.15, 0.2) is 27.7 Å². The molecule has 1 heterocycles. The molecule has 1 aromatic heterocycles. The summed E-state index contributed by atoms with van der Waals surface area (Å²) >= 11 is 0. The lowest BCUT2D eigenvalue weighted by atomic mass is 10.4. The molecule has 3 N–H and O–H groups in total. The number of nitrogens with two attached hydrogens (primary N) is 1. The fourth-order valence-electron chi connectivity index (χ4n) is 0.862. The predicted molar refractivity (Wildman–Crippen MR) is 60.2 cm³/mol. The Labute approximate surface area is 100 Å². The van der Waals surface area contributed by atoms with Crippen LogP contribution >= 0.6 is 0 Å². The van der Waals surface area contributed by atoms with Crippen LogP contribution in [0.2, 0.25) is 0 Å². The van der Waals surface area contributed by atoms with E-state index in [4.69, 9.17) is 4.42 Å². The minimum Gasteiger partial charge on any atom is -0.401 e. The van der Waals surface area contributed by atoms with Gasteiger partial charge in [0, 0.05) is 6.21 Å². The molecule has 9 heteroatoms. The third-order valence-corrected chi connectivity index (χ3v) is 1.60. The van der Waals surface area contributed by atoms with Crippen LogP contribution < -0.4 is 11.2 Å². The third kappa shape index (κ3) is 3.89. The van der Waals surface area contributed by atoms with Crippen molar-refractivity contribution < 1.29 is 18.9 Å². The summed E-state index contributed by atoms with van der Waals surface area (Å²) in [5.74, 6) is -2.34. The second-order valence-corrected chi connectivity index (χ2v) is 2.88. The number of primary amides is 1. The fraction of sp³-hybridized carbons (Fsp3) is 0. The van der Waals surface area contributed by atoms with Crippen LogP contribution in [-0.4, -0.2) is 23.0 Å². The van der Waals surface area contributed by atoms with Gasteiger partial charge in [-0.2, -0.15) is 5.10 Å². The molecule has 1 aromatic rings. The van der Waals surface area contributed by atoms with E-state index < -0.39 is 16.7 Å². The Balaban J connectivity index is 2.49. The molecular weight excluding hydrogens is 244 g/mol. The van der Waals surface area contributed by atoms with Gasteiger partial charge < -0.3 is 10.2 Å². The highest BCUT2D eigenvalue weighted by atomic mass is 16.6. The second-order valence-electron chi connectivity index (χ2n) is 2.88. The van der Waals surface area contributed by atoms with E-state index in [1.807, 2.05) is 5.43 Å². The van der Waals surface area contributed by atoms with Crippen molar-refractivity contribution in [3.8, 4) is 0 Å². The highest BCUT2D eigenvalue weighted by Gasteiger charge is 2.09. The summed E-state index contributed by atoms with van der Waals surface area (Å²) in [7, 11) is 0. The Morgan fingerprint density at radius 1 is 1.50 bits per heavy atom. The maximum absolute atomic E-state index is 10.6. The zero-order valence-electron chi connectivity index (χ0n) is 8.90. The van der Waals surface area contributed by atoms with Gasteiger partial charge in [-0.25, -0.2) is 5.43 Å². The topological polar surface area (TPSA) is 141 Å². The van der Waals surface area contributed by atoms with E-state index >= 15 is 0 Å². The molecule has 0 aromatic carbocycles. The zero-order valence-corrected chi connectivity index (χ0v) is 8.90. The average molecular weight is 252 g/mol. The third-order valence-electron chi connectivity index (χ3n) is 1.60. The van der Waals surface area contributed by atoms with Crippen LogP contribution in [0.25, 0.3) is 6.08 Å². The smallest absolute Gasteiger partial charge is 0.401 e. The molecule has 0 bridgehead atoms. The van der Waals surface area contributed by atoms with Crippen molar-refractivity contribution in [1.29, 1.82) is 0 Å². The van der Waals surface area contributed by atoms with E-state index in [2.05, 4.69) is 10.8 Å². The van der Waals surface area contributed by atoms with Crippen molar-refractivity contribution in [2.24, 2.45) is 10.8 Å². The van der Waals surface area contributed by atoms with Gasteiger partial charge in [0.1, 0.15) is 10.7 Å². The van der Waals surface area contributed by atoms with Gasteiger partial charge >= 0.3 is 17.7 Å². The lowest BCUT2D eigenvalue weighted by Gasteiger charge is -1.90. The van der Waals surface area contributed by atoms with Gasteiger partial charge in [-0.1, -0.05) is 0 Å². The first-order valence-corrected chi connectivity index (χ1v) is 4.54. The van der Waals surface area contributed by atoms with E-state index in [0.717, 1.165) is 6.21 Å².